The van der Waals surface area contributed by atoms with Crippen molar-refractivity contribution in [3.8, 4) is 23.0 Å². The molecule has 0 fully saturated rings. The number of aryl methyl sites for hydroxylation is 2. The van der Waals surface area contributed by atoms with Crippen LogP contribution in [0.2, 0.25) is 0 Å². The summed E-state index contributed by atoms with van der Waals surface area (Å²) in [4.78, 5) is 19.0. The van der Waals surface area contributed by atoms with E-state index in [4.69, 9.17) is 5.73 Å². The number of nitrogens with two attached hydrogens (primary N) is 1. The number of nitrogens with zero attached hydrogens (tertiary/aromatic N) is 5. The largest absolute Gasteiger partial charge is 0.381 e. The van der Waals surface area contributed by atoms with E-state index in [1.54, 1.807) is 18.5 Å². The van der Waals surface area contributed by atoms with E-state index in [0.29, 0.717) is 11.2 Å². The fourth-order valence-electron chi connectivity index (χ4n) is 4.60. The average Bonchev–Trinajstić information content (AvgIpc) is 3.64. The van der Waals surface area contributed by atoms with Crippen molar-refractivity contribution >= 4 is 28.3 Å². The van der Waals surface area contributed by atoms with Gasteiger partial charge in [0.1, 0.15) is 5.56 Å². The standard InChI is InChI=1S/C23H21N3.C8H9N5O/c1-4-20-22(17-9-6-5-7-10-17)23-18(11-8-12-21(23)25-20)13-14-19-15-24-26(3)16(19)2;1-10-8(14)5-6(9)12-13-4-2-3-11-7(5)13/h5-12,15,25H,4H2,1-3H3;2-4H,1H3,(H2,9,12)(H,10,14). The van der Waals surface area contributed by atoms with Gasteiger partial charge in [-0.15, -0.1) is 5.10 Å². The number of nitrogen functional groups attached to an aromatic ring is 1. The molecule has 0 aliphatic rings. The van der Waals surface area contributed by atoms with Gasteiger partial charge in [-0.05, 0) is 37.1 Å². The van der Waals surface area contributed by atoms with Crippen LogP contribution in [0.1, 0.15) is 39.8 Å². The molecule has 40 heavy (non-hydrogen) atoms. The number of hydrogen-bond donors (Lipinski definition) is 3. The molecule has 0 saturated heterocycles. The van der Waals surface area contributed by atoms with Gasteiger partial charge in [-0.3, -0.25) is 9.48 Å². The smallest absolute Gasteiger partial charge is 0.258 e. The molecular weight excluding hydrogens is 500 g/mol. The van der Waals surface area contributed by atoms with Crippen molar-refractivity contribution in [3.05, 3.63) is 101 Å². The summed E-state index contributed by atoms with van der Waals surface area (Å²) in [7, 11) is 3.47. The molecule has 9 nitrogen and oxygen atoms in total. The average molecular weight is 531 g/mol. The van der Waals surface area contributed by atoms with E-state index in [-0.39, 0.29) is 11.7 Å². The summed E-state index contributed by atoms with van der Waals surface area (Å²) < 4.78 is 3.32. The van der Waals surface area contributed by atoms with Gasteiger partial charge in [-0.1, -0.05) is 55.2 Å². The van der Waals surface area contributed by atoms with Gasteiger partial charge in [0.15, 0.2) is 11.5 Å². The third-order valence-electron chi connectivity index (χ3n) is 6.76. The predicted octanol–water partition coefficient (Wildman–Crippen LogP) is 4.51. The number of nitrogens with one attached hydrogen (secondary N) is 2. The Labute approximate surface area is 232 Å². The highest BCUT2D eigenvalue weighted by molar-refractivity contribution is 6.04. The van der Waals surface area contributed by atoms with Gasteiger partial charge < -0.3 is 16.0 Å². The van der Waals surface area contributed by atoms with Gasteiger partial charge in [0.2, 0.25) is 0 Å². The second kappa shape index (κ2) is 11.2. The van der Waals surface area contributed by atoms with Gasteiger partial charge in [0, 0.05) is 54.2 Å². The molecular formula is C31H30N8O. The molecule has 4 heterocycles. The maximum Gasteiger partial charge on any atom is 0.258 e. The van der Waals surface area contributed by atoms with Crippen LogP contribution in [0, 0.1) is 18.8 Å². The number of amides is 1. The number of rotatable bonds is 3. The first-order chi connectivity index (χ1) is 19.4. The Morgan fingerprint density at radius 3 is 2.55 bits per heavy atom. The minimum atomic E-state index is -0.281. The highest BCUT2D eigenvalue weighted by atomic mass is 16.1. The third-order valence-corrected chi connectivity index (χ3v) is 6.76. The van der Waals surface area contributed by atoms with Gasteiger partial charge in [-0.2, -0.15) is 5.10 Å². The number of benzene rings is 2. The summed E-state index contributed by atoms with van der Waals surface area (Å²) in [6.07, 6.45) is 6.05. The Balaban J connectivity index is 0.000000194. The molecule has 6 rings (SSSR count). The van der Waals surface area contributed by atoms with Crippen LogP contribution < -0.4 is 11.1 Å². The van der Waals surface area contributed by atoms with E-state index >= 15 is 0 Å². The van der Waals surface area contributed by atoms with E-state index in [2.05, 4.69) is 92.8 Å². The van der Waals surface area contributed by atoms with Crippen LogP contribution in [0.25, 0.3) is 27.7 Å². The molecule has 200 valence electrons. The highest BCUT2D eigenvalue weighted by Crippen LogP contribution is 2.34. The van der Waals surface area contributed by atoms with Gasteiger partial charge >= 0.3 is 0 Å². The lowest BCUT2D eigenvalue weighted by molar-refractivity contribution is 0.0965. The molecule has 4 N–H and O–H groups in total. The summed E-state index contributed by atoms with van der Waals surface area (Å²) in [6.45, 7) is 4.22. The Morgan fingerprint density at radius 1 is 1.07 bits per heavy atom. The number of anilines is 1. The van der Waals surface area contributed by atoms with Crippen LogP contribution in [-0.4, -0.2) is 42.3 Å². The van der Waals surface area contributed by atoms with Crippen molar-refractivity contribution in [1.29, 1.82) is 0 Å². The van der Waals surface area contributed by atoms with E-state index in [1.165, 1.54) is 33.8 Å². The fourth-order valence-corrected chi connectivity index (χ4v) is 4.60. The van der Waals surface area contributed by atoms with Crippen LogP contribution >= 0.6 is 0 Å². The molecule has 6 aromatic rings. The molecule has 0 bridgehead atoms. The maximum absolute atomic E-state index is 11.4. The molecule has 9 heteroatoms. The van der Waals surface area contributed by atoms with Crippen LogP contribution in [0.3, 0.4) is 0 Å². The summed E-state index contributed by atoms with van der Waals surface area (Å²) in [5.74, 6) is 6.59. The monoisotopic (exact) mass is 530 g/mol. The Morgan fingerprint density at radius 2 is 1.85 bits per heavy atom. The van der Waals surface area contributed by atoms with Crippen molar-refractivity contribution in [2.75, 3.05) is 12.8 Å². The highest BCUT2D eigenvalue weighted by Gasteiger charge is 2.17. The molecule has 0 radical (unpaired) electrons. The normalized spacial score (nSPS) is 10.6. The van der Waals surface area contributed by atoms with Crippen molar-refractivity contribution in [3.63, 3.8) is 0 Å². The lowest BCUT2D eigenvalue weighted by Gasteiger charge is -2.04. The lowest BCUT2D eigenvalue weighted by atomic mass is 9.97. The Bertz CT molecular complexity index is 1880. The summed E-state index contributed by atoms with van der Waals surface area (Å²) in [6, 6.07) is 18.6. The van der Waals surface area contributed by atoms with Crippen molar-refractivity contribution in [2.24, 2.45) is 7.05 Å². The molecule has 1 amide bonds. The second-order valence-electron chi connectivity index (χ2n) is 9.17. The van der Waals surface area contributed by atoms with Crippen LogP contribution in [0.4, 0.5) is 5.82 Å². The van der Waals surface area contributed by atoms with Gasteiger partial charge in [0.25, 0.3) is 5.91 Å². The van der Waals surface area contributed by atoms with E-state index < -0.39 is 0 Å². The Kier molecular flexibility index (Phi) is 7.33. The number of aromatic nitrogens is 6. The predicted molar refractivity (Wildman–Crippen MR) is 158 cm³/mol. The molecule has 0 saturated carbocycles. The van der Waals surface area contributed by atoms with Crippen molar-refractivity contribution < 1.29 is 4.79 Å². The van der Waals surface area contributed by atoms with E-state index in [1.807, 2.05) is 24.9 Å². The fraction of sp³-hybridized carbons (Fsp3) is 0.161. The van der Waals surface area contributed by atoms with Crippen molar-refractivity contribution in [2.45, 2.75) is 20.3 Å². The first kappa shape index (κ1) is 26.3. The molecule has 0 aliphatic carbocycles. The zero-order valence-electron chi connectivity index (χ0n) is 22.9. The first-order valence-electron chi connectivity index (χ1n) is 12.9. The molecule has 0 atom stereocenters. The lowest BCUT2D eigenvalue weighted by Crippen LogP contribution is -2.19. The first-order valence-corrected chi connectivity index (χ1v) is 12.9. The molecule has 4 aromatic heterocycles. The SMILES string of the molecule is CCc1[nH]c2cccc(C#Cc3cnn(C)c3C)c2c1-c1ccccc1.CNC(=O)c1c(N)nn2cccnc12. The molecule has 0 aliphatic heterocycles. The number of carbonyl (C=O) groups excluding carboxylic acids is 1. The molecule has 0 spiro atoms. The van der Waals surface area contributed by atoms with E-state index in [0.717, 1.165) is 28.8 Å². The van der Waals surface area contributed by atoms with Crippen LogP contribution in [-0.2, 0) is 13.5 Å². The number of hydrogen-bond acceptors (Lipinski definition) is 5. The quantitative estimate of drug-likeness (QED) is 0.291. The van der Waals surface area contributed by atoms with Gasteiger partial charge in [-0.25, -0.2) is 9.50 Å². The maximum atomic E-state index is 11.4. The number of carbonyl (C=O) groups is 1. The number of H-pyrrole nitrogens is 1. The Hall–Kier alpha value is -5.36. The van der Waals surface area contributed by atoms with Crippen LogP contribution in [0.15, 0.2) is 73.2 Å². The minimum absolute atomic E-state index is 0.183. The molecule has 0 unspecified atom stereocenters. The third kappa shape index (κ3) is 4.90. The van der Waals surface area contributed by atoms with Gasteiger partial charge in [0.05, 0.1) is 17.5 Å². The summed E-state index contributed by atoms with van der Waals surface area (Å²) in [5, 5.41) is 11.9. The minimum Gasteiger partial charge on any atom is -0.381 e. The second-order valence-corrected chi connectivity index (χ2v) is 9.17. The summed E-state index contributed by atoms with van der Waals surface area (Å²) in [5.41, 5.74) is 14.3. The topological polar surface area (TPSA) is 119 Å². The van der Waals surface area contributed by atoms with E-state index in [9.17, 15) is 4.79 Å². The number of fused-ring (bicyclic) bond motifs is 2. The molecule has 2 aromatic carbocycles. The summed E-state index contributed by atoms with van der Waals surface area (Å²) >= 11 is 0. The zero-order chi connectivity index (χ0) is 28.2. The zero-order valence-corrected chi connectivity index (χ0v) is 22.9. The van der Waals surface area contributed by atoms with Crippen molar-refractivity contribution in [1.82, 2.24) is 34.7 Å². The number of aromatic amines is 1. The van der Waals surface area contributed by atoms with Crippen LogP contribution in [0.5, 0.6) is 0 Å².